The Hall–Kier alpha value is -3.34. The minimum Gasteiger partial charge on any atom is -0.377 e. The van der Waals surface area contributed by atoms with E-state index in [0.29, 0.717) is 37.7 Å². The first-order chi connectivity index (χ1) is 16.8. The van der Waals surface area contributed by atoms with Crippen LogP contribution in [0.3, 0.4) is 0 Å². The highest BCUT2D eigenvalue weighted by molar-refractivity contribution is 6.01. The van der Waals surface area contributed by atoms with Crippen molar-refractivity contribution < 1.29 is 27.5 Å². The van der Waals surface area contributed by atoms with E-state index < -0.39 is 23.8 Å². The maximum atomic E-state index is 13.1. The third kappa shape index (κ3) is 4.90. The topological polar surface area (TPSA) is 86.8 Å². The number of ether oxygens (including phenoxy) is 1. The Bertz CT molecular complexity index is 1060. The number of carbonyl (C=O) groups excluding carboxylic acids is 2. The Labute approximate surface area is 200 Å². The number of hydrogen-bond donors (Lipinski definition) is 2. The van der Waals surface area contributed by atoms with Gasteiger partial charge in [0.05, 0.1) is 30.9 Å². The molecule has 2 unspecified atom stereocenters. The number of rotatable bonds is 4. The van der Waals surface area contributed by atoms with Crippen LogP contribution in [-0.4, -0.2) is 54.8 Å². The molecule has 3 saturated heterocycles. The lowest BCUT2D eigenvalue weighted by molar-refractivity contribution is -0.137. The fraction of sp³-hybridized carbons (Fsp3) is 0.458. The smallest absolute Gasteiger partial charge is 0.377 e. The normalized spacial score (nSPS) is 24.4. The number of pyridine rings is 1. The maximum absolute atomic E-state index is 13.1. The molecule has 5 rings (SSSR count). The van der Waals surface area contributed by atoms with Crippen LogP contribution >= 0.6 is 0 Å². The number of halogens is 3. The van der Waals surface area contributed by atoms with Gasteiger partial charge in [-0.15, -0.1) is 0 Å². The summed E-state index contributed by atoms with van der Waals surface area (Å²) in [6, 6.07) is 9.15. The molecule has 0 radical (unpaired) electrons. The fourth-order valence-electron chi connectivity index (χ4n) is 5.07. The lowest BCUT2D eigenvalue weighted by atomic mass is 10.0. The highest BCUT2D eigenvalue weighted by atomic mass is 19.4. The molecule has 4 heterocycles. The van der Waals surface area contributed by atoms with E-state index in [9.17, 15) is 22.8 Å². The number of morpholine rings is 1. The summed E-state index contributed by atoms with van der Waals surface area (Å²) in [5.41, 5.74) is 0.969. The van der Waals surface area contributed by atoms with Crippen LogP contribution in [0.15, 0.2) is 42.6 Å². The minimum atomic E-state index is -4.51. The molecule has 186 valence electrons. The minimum absolute atomic E-state index is 0.0386. The molecule has 2 bridgehead atoms. The molecule has 8 nitrogen and oxygen atoms in total. The zero-order valence-electron chi connectivity index (χ0n) is 18.9. The maximum Gasteiger partial charge on any atom is 0.417 e. The van der Waals surface area contributed by atoms with E-state index in [1.165, 1.54) is 0 Å². The van der Waals surface area contributed by atoms with Gasteiger partial charge in [0, 0.05) is 24.1 Å². The van der Waals surface area contributed by atoms with Gasteiger partial charge in [-0.2, -0.15) is 13.2 Å². The molecule has 3 atom stereocenters. The van der Waals surface area contributed by atoms with Crippen molar-refractivity contribution in [3.8, 4) is 0 Å². The van der Waals surface area contributed by atoms with Crippen molar-refractivity contribution in [1.29, 1.82) is 0 Å². The Morgan fingerprint density at radius 2 is 1.69 bits per heavy atom. The first-order valence-electron chi connectivity index (χ1n) is 11.7. The molecule has 2 aromatic rings. The third-order valence-corrected chi connectivity index (χ3v) is 6.78. The van der Waals surface area contributed by atoms with Crippen LogP contribution in [-0.2, 0) is 15.7 Å². The number of carbonyl (C=O) groups is 2. The average molecular weight is 489 g/mol. The van der Waals surface area contributed by atoms with E-state index in [1.807, 2.05) is 24.3 Å². The summed E-state index contributed by atoms with van der Waals surface area (Å²) >= 11 is 0. The zero-order valence-corrected chi connectivity index (χ0v) is 18.9. The molecular weight excluding hydrogens is 463 g/mol. The summed E-state index contributed by atoms with van der Waals surface area (Å²) in [5, 5.41) is 5.01. The van der Waals surface area contributed by atoms with Crippen molar-refractivity contribution in [2.24, 2.45) is 0 Å². The van der Waals surface area contributed by atoms with E-state index in [0.717, 1.165) is 49.6 Å². The molecule has 2 N–H and O–H groups in total. The number of nitrogens with zero attached hydrogens (tertiary/aromatic N) is 3. The van der Waals surface area contributed by atoms with Gasteiger partial charge in [-0.25, -0.2) is 9.78 Å². The van der Waals surface area contributed by atoms with E-state index in [1.54, 1.807) is 4.90 Å². The Morgan fingerprint density at radius 1 is 1.00 bits per heavy atom. The van der Waals surface area contributed by atoms with Gasteiger partial charge in [0.1, 0.15) is 11.9 Å². The first-order valence-corrected chi connectivity index (χ1v) is 11.7. The molecule has 3 aliphatic rings. The summed E-state index contributed by atoms with van der Waals surface area (Å²) in [7, 11) is 0. The molecule has 0 spiro atoms. The van der Waals surface area contributed by atoms with E-state index >= 15 is 0 Å². The van der Waals surface area contributed by atoms with Crippen molar-refractivity contribution in [3.05, 3.63) is 48.2 Å². The van der Waals surface area contributed by atoms with Crippen molar-refractivity contribution in [1.82, 2.24) is 10.3 Å². The number of benzene rings is 1. The Balaban J connectivity index is 1.20. The van der Waals surface area contributed by atoms with Gasteiger partial charge in [-0.05, 0) is 62.1 Å². The predicted molar refractivity (Wildman–Crippen MR) is 123 cm³/mol. The SMILES string of the molecule is O=C(Nc1ccc(C(F)(F)F)cn1)N[C@@H]1CCCN(c2ccc(N3C4CCC3COC4)cc2)C1=O. The van der Waals surface area contributed by atoms with Gasteiger partial charge in [-0.3, -0.25) is 10.1 Å². The third-order valence-electron chi connectivity index (χ3n) is 6.78. The molecule has 3 fully saturated rings. The number of alkyl halides is 3. The van der Waals surface area contributed by atoms with Crippen LogP contribution in [0.4, 0.5) is 35.2 Å². The summed E-state index contributed by atoms with van der Waals surface area (Å²) in [6.45, 7) is 2.02. The molecule has 3 amide bonds. The van der Waals surface area contributed by atoms with Crippen LogP contribution in [0, 0.1) is 0 Å². The highest BCUT2D eigenvalue weighted by Gasteiger charge is 2.37. The standard InChI is InChI=1S/C24H26F3N5O3/c25-24(26,27)15-3-10-21(28-12-15)30-23(34)29-20-2-1-11-31(22(20)33)16-4-6-17(7-5-16)32-18-8-9-19(32)14-35-13-18/h3-7,10,12,18-20H,1-2,8-9,11,13-14H2,(H2,28,29,30,34)/t18?,19?,20-/m1/s1. The molecule has 35 heavy (non-hydrogen) atoms. The molecule has 0 saturated carbocycles. The molecule has 11 heteroatoms. The second-order valence-corrected chi connectivity index (χ2v) is 9.06. The number of nitrogens with one attached hydrogen (secondary N) is 2. The second kappa shape index (κ2) is 9.37. The molecule has 3 aliphatic heterocycles. The first kappa shape index (κ1) is 23.4. The lowest BCUT2D eigenvalue weighted by Gasteiger charge is -2.37. The van der Waals surface area contributed by atoms with Crippen LogP contribution in [0.5, 0.6) is 0 Å². The number of hydrogen-bond acceptors (Lipinski definition) is 5. The van der Waals surface area contributed by atoms with Gasteiger partial charge in [-0.1, -0.05) is 0 Å². The van der Waals surface area contributed by atoms with Gasteiger partial charge >= 0.3 is 12.2 Å². The molecule has 0 aliphatic carbocycles. The number of piperidine rings is 1. The van der Waals surface area contributed by atoms with Crippen molar-refractivity contribution >= 4 is 29.1 Å². The van der Waals surface area contributed by atoms with E-state index in [4.69, 9.17) is 4.74 Å². The molecule has 1 aromatic heterocycles. The largest absolute Gasteiger partial charge is 0.417 e. The molecule has 1 aromatic carbocycles. The van der Waals surface area contributed by atoms with Crippen molar-refractivity contribution in [2.75, 3.05) is 34.9 Å². The Morgan fingerprint density at radius 3 is 2.31 bits per heavy atom. The monoisotopic (exact) mass is 489 g/mol. The van der Waals surface area contributed by atoms with Crippen LogP contribution in [0.2, 0.25) is 0 Å². The number of fused-ring (bicyclic) bond motifs is 2. The Kier molecular flexibility index (Phi) is 6.26. The number of anilines is 3. The second-order valence-electron chi connectivity index (χ2n) is 9.06. The van der Waals surface area contributed by atoms with Crippen LogP contribution < -0.4 is 20.4 Å². The van der Waals surface area contributed by atoms with Gasteiger partial charge in [0.25, 0.3) is 0 Å². The highest BCUT2D eigenvalue weighted by Crippen LogP contribution is 2.35. The fourth-order valence-corrected chi connectivity index (χ4v) is 5.07. The summed E-state index contributed by atoms with van der Waals surface area (Å²) in [4.78, 5) is 33.1. The summed E-state index contributed by atoms with van der Waals surface area (Å²) < 4.78 is 43.7. The summed E-state index contributed by atoms with van der Waals surface area (Å²) in [6.07, 6.45) is -0.452. The van der Waals surface area contributed by atoms with Crippen LogP contribution in [0.1, 0.15) is 31.2 Å². The lowest BCUT2D eigenvalue weighted by Crippen LogP contribution is -2.53. The number of aromatic nitrogens is 1. The van der Waals surface area contributed by atoms with Crippen molar-refractivity contribution in [3.63, 3.8) is 0 Å². The number of urea groups is 1. The number of amides is 3. The van der Waals surface area contributed by atoms with Crippen LogP contribution in [0.25, 0.3) is 0 Å². The van der Waals surface area contributed by atoms with Crippen molar-refractivity contribution in [2.45, 2.75) is 50.0 Å². The molecular formula is C24H26F3N5O3. The van der Waals surface area contributed by atoms with Gasteiger partial charge in [0.2, 0.25) is 5.91 Å². The predicted octanol–water partition coefficient (Wildman–Crippen LogP) is 3.79. The van der Waals surface area contributed by atoms with E-state index in [2.05, 4.69) is 20.5 Å². The quantitative estimate of drug-likeness (QED) is 0.683. The van der Waals surface area contributed by atoms with Gasteiger partial charge in [0.15, 0.2) is 0 Å². The zero-order chi connectivity index (χ0) is 24.6. The summed E-state index contributed by atoms with van der Waals surface area (Å²) in [5.74, 6) is -0.269. The van der Waals surface area contributed by atoms with Gasteiger partial charge < -0.3 is 19.9 Å². The van der Waals surface area contributed by atoms with E-state index in [-0.39, 0.29) is 11.7 Å². The average Bonchev–Trinajstić information content (AvgIpc) is 3.08.